The molecule has 5 heteroatoms. The molecule has 0 unspecified atom stereocenters. The number of carboxylic acid groups (broad SMARTS) is 1. The lowest BCUT2D eigenvalue weighted by Gasteiger charge is -2.58. The number of hydrogen-bond acceptors (Lipinski definition) is 3. The van der Waals surface area contributed by atoms with Gasteiger partial charge in [0, 0.05) is 17.8 Å². The van der Waals surface area contributed by atoms with Crippen LogP contribution < -0.4 is 5.32 Å². The Bertz CT molecular complexity index is 844. The molecule has 2 saturated carbocycles. The molecule has 1 spiro atoms. The molecular weight excluding hydrogens is 316 g/mol. The molecule has 1 aromatic carbocycles. The normalized spacial score (nSPS) is 21.2. The fraction of sp³-hybridized carbons (Fsp3) is 0.450. The second-order valence-corrected chi connectivity index (χ2v) is 7.73. The van der Waals surface area contributed by atoms with Crippen LogP contribution in [0.4, 0.5) is 0 Å². The largest absolute Gasteiger partial charge is 0.480 e. The number of hydrogen-bond donors (Lipinski definition) is 2. The maximum absolute atomic E-state index is 12.8. The molecule has 2 fully saturated rings. The number of nitrogens with zero attached hydrogens (tertiary/aromatic N) is 1. The van der Waals surface area contributed by atoms with E-state index in [1.165, 1.54) is 0 Å². The molecule has 1 amide bonds. The summed E-state index contributed by atoms with van der Waals surface area (Å²) in [5.74, 6) is -1.34. The Labute approximate surface area is 146 Å². The molecule has 2 aliphatic rings. The fourth-order valence-electron chi connectivity index (χ4n) is 4.61. The summed E-state index contributed by atoms with van der Waals surface area (Å²) in [5.41, 5.74) is -0.156. The zero-order chi connectivity index (χ0) is 17.7. The second kappa shape index (κ2) is 5.55. The summed E-state index contributed by atoms with van der Waals surface area (Å²) in [4.78, 5) is 28.8. The molecule has 0 aliphatic heterocycles. The number of carbonyl (C=O) groups excluding carboxylic acids is 1. The number of rotatable bonds is 4. The van der Waals surface area contributed by atoms with Gasteiger partial charge in [-0.2, -0.15) is 0 Å². The van der Waals surface area contributed by atoms with Gasteiger partial charge < -0.3 is 10.4 Å². The number of amides is 1. The highest BCUT2D eigenvalue weighted by atomic mass is 16.4. The number of carboxylic acids is 1. The minimum atomic E-state index is -1.25. The maximum atomic E-state index is 12.8. The predicted molar refractivity (Wildman–Crippen MR) is 93.9 cm³/mol. The number of benzene rings is 1. The van der Waals surface area contributed by atoms with Crippen LogP contribution in [0.3, 0.4) is 0 Å². The van der Waals surface area contributed by atoms with Crippen LogP contribution in [0.25, 0.3) is 10.8 Å². The quantitative estimate of drug-likeness (QED) is 0.837. The summed E-state index contributed by atoms with van der Waals surface area (Å²) in [7, 11) is 0. The van der Waals surface area contributed by atoms with Gasteiger partial charge >= 0.3 is 5.97 Å². The third kappa shape index (κ3) is 2.41. The number of aliphatic carboxylic acids is 1. The molecule has 4 rings (SSSR count). The summed E-state index contributed by atoms with van der Waals surface area (Å²) in [6, 6.07) is 7.54. The van der Waals surface area contributed by atoms with Crippen LogP contribution in [-0.2, 0) is 9.59 Å². The molecule has 1 aromatic heterocycles. The Hall–Kier alpha value is -2.43. The van der Waals surface area contributed by atoms with Crippen molar-refractivity contribution in [1.29, 1.82) is 0 Å². The van der Waals surface area contributed by atoms with Gasteiger partial charge in [-0.25, -0.2) is 0 Å². The van der Waals surface area contributed by atoms with E-state index in [-0.39, 0.29) is 17.4 Å². The van der Waals surface area contributed by atoms with E-state index in [1.54, 1.807) is 12.4 Å². The van der Waals surface area contributed by atoms with E-state index in [2.05, 4.69) is 10.3 Å². The molecule has 0 bridgehead atoms. The molecule has 130 valence electrons. The molecule has 2 N–H and O–H groups in total. The monoisotopic (exact) mass is 338 g/mol. The predicted octanol–water partition coefficient (Wildman–Crippen LogP) is 3.45. The lowest BCUT2D eigenvalue weighted by molar-refractivity contribution is -0.181. The third-order valence-corrected chi connectivity index (χ3v) is 6.14. The first-order chi connectivity index (χ1) is 12.0. The summed E-state index contributed by atoms with van der Waals surface area (Å²) in [6.45, 7) is 1.90. The van der Waals surface area contributed by atoms with Crippen LogP contribution in [0.15, 0.2) is 36.7 Å². The molecule has 0 radical (unpaired) electrons. The lowest BCUT2D eigenvalue weighted by atomic mass is 9.45. The van der Waals surface area contributed by atoms with Crippen molar-refractivity contribution in [3.8, 4) is 0 Å². The van der Waals surface area contributed by atoms with Crippen molar-refractivity contribution < 1.29 is 14.7 Å². The van der Waals surface area contributed by atoms with Gasteiger partial charge in [-0.05, 0) is 55.0 Å². The van der Waals surface area contributed by atoms with Gasteiger partial charge in [0.15, 0.2) is 0 Å². The Morgan fingerprint density at radius 2 is 2.00 bits per heavy atom. The van der Waals surface area contributed by atoms with E-state index in [0.717, 1.165) is 35.6 Å². The van der Waals surface area contributed by atoms with Crippen LogP contribution in [0.2, 0.25) is 0 Å². The second-order valence-electron chi connectivity index (χ2n) is 7.73. The Kier molecular flexibility index (Phi) is 3.56. The van der Waals surface area contributed by atoms with Gasteiger partial charge in [-0.3, -0.25) is 14.6 Å². The first-order valence-electron chi connectivity index (χ1n) is 8.83. The number of pyridine rings is 1. The van der Waals surface area contributed by atoms with Gasteiger partial charge in [0.05, 0.1) is 6.04 Å². The third-order valence-electron chi connectivity index (χ3n) is 6.14. The average molecular weight is 338 g/mol. The van der Waals surface area contributed by atoms with E-state index < -0.39 is 11.4 Å². The highest BCUT2D eigenvalue weighted by Crippen LogP contribution is 2.64. The zero-order valence-electron chi connectivity index (χ0n) is 14.3. The first kappa shape index (κ1) is 16.1. The molecular formula is C20H22N2O3. The van der Waals surface area contributed by atoms with E-state index in [4.69, 9.17) is 0 Å². The minimum absolute atomic E-state index is 0.115. The van der Waals surface area contributed by atoms with Gasteiger partial charge in [-0.1, -0.05) is 24.6 Å². The van der Waals surface area contributed by atoms with Crippen LogP contribution in [-0.4, -0.2) is 22.0 Å². The Morgan fingerprint density at radius 1 is 1.24 bits per heavy atom. The van der Waals surface area contributed by atoms with E-state index >= 15 is 0 Å². The van der Waals surface area contributed by atoms with Crippen LogP contribution in [0, 0.1) is 10.8 Å². The summed E-state index contributed by atoms with van der Waals surface area (Å²) < 4.78 is 0. The smallest absolute Gasteiger partial charge is 0.319 e. The highest BCUT2D eigenvalue weighted by molar-refractivity contribution is 6.03. The number of nitrogens with one attached hydrogen (secondary N) is 1. The zero-order valence-corrected chi connectivity index (χ0v) is 14.3. The molecule has 25 heavy (non-hydrogen) atoms. The van der Waals surface area contributed by atoms with Crippen molar-refractivity contribution >= 4 is 22.6 Å². The van der Waals surface area contributed by atoms with Gasteiger partial charge in [0.1, 0.15) is 5.41 Å². The van der Waals surface area contributed by atoms with Crippen LogP contribution in [0.5, 0.6) is 0 Å². The van der Waals surface area contributed by atoms with Crippen molar-refractivity contribution in [2.45, 2.75) is 45.1 Å². The van der Waals surface area contributed by atoms with Crippen molar-refractivity contribution in [3.05, 3.63) is 42.2 Å². The van der Waals surface area contributed by atoms with Crippen LogP contribution in [0.1, 0.15) is 50.6 Å². The van der Waals surface area contributed by atoms with Crippen molar-refractivity contribution in [3.63, 3.8) is 0 Å². The Balaban J connectivity index is 1.56. The number of fused-ring (bicyclic) bond motifs is 1. The van der Waals surface area contributed by atoms with Crippen LogP contribution >= 0.6 is 0 Å². The first-order valence-corrected chi connectivity index (χ1v) is 8.83. The summed E-state index contributed by atoms with van der Waals surface area (Å²) >= 11 is 0. The molecule has 1 heterocycles. The van der Waals surface area contributed by atoms with Gasteiger partial charge in [-0.15, -0.1) is 0 Å². The number of carbonyl (C=O) groups is 2. The standard InChI is InChI=1S/C20H22N2O3/c1-13(15-5-2-4-14-10-21-9-6-16(14)15)22-17(23)20(18(24)25)11-19(12-20)7-3-8-19/h2,4-6,9-10,13H,3,7-8,11-12H2,1H3,(H,22,23)(H,24,25)/t13-/m1/s1. The van der Waals surface area contributed by atoms with Gasteiger partial charge in [0.25, 0.3) is 0 Å². The minimum Gasteiger partial charge on any atom is -0.480 e. The molecule has 2 aromatic rings. The summed E-state index contributed by atoms with van der Waals surface area (Å²) in [5, 5.41) is 14.7. The topological polar surface area (TPSA) is 79.3 Å². The summed E-state index contributed by atoms with van der Waals surface area (Å²) in [6.07, 6.45) is 7.74. The maximum Gasteiger partial charge on any atom is 0.319 e. The van der Waals surface area contributed by atoms with Crippen molar-refractivity contribution in [1.82, 2.24) is 10.3 Å². The van der Waals surface area contributed by atoms with Crippen molar-refractivity contribution in [2.24, 2.45) is 10.8 Å². The van der Waals surface area contributed by atoms with Gasteiger partial charge in [0.2, 0.25) is 5.91 Å². The number of aromatic nitrogens is 1. The molecule has 5 nitrogen and oxygen atoms in total. The lowest BCUT2D eigenvalue weighted by Crippen LogP contribution is -2.61. The molecule has 1 atom stereocenters. The van der Waals surface area contributed by atoms with E-state index in [0.29, 0.717) is 12.8 Å². The molecule has 2 aliphatic carbocycles. The molecule has 0 saturated heterocycles. The van der Waals surface area contributed by atoms with Crippen molar-refractivity contribution in [2.75, 3.05) is 0 Å². The van der Waals surface area contributed by atoms with E-state index in [1.807, 2.05) is 31.2 Å². The van der Waals surface area contributed by atoms with E-state index in [9.17, 15) is 14.7 Å². The average Bonchev–Trinajstić information content (AvgIpc) is 2.51. The Morgan fingerprint density at radius 3 is 2.64 bits per heavy atom. The fourth-order valence-corrected chi connectivity index (χ4v) is 4.61. The SMILES string of the molecule is C[C@@H](NC(=O)C1(C(=O)O)CC2(CCC2)C1)c1cccc2cnccc12. The highest BCUT2D eigenvalue weighted by Gasteiger charge is 2.65.